The van der Waals surface area contributed by atoms with Crippen LogP contribution < -0.4 is 0 Å². The van der Waals surface area contributed by atoms with Crippen LogP contribution in [-0.2, 0) is 15.6 Å². The Labute approximate surface area is 87.6 Å². The van der Waals surface area contributed by atoms with Crippen molar-refractivity contribution in [3.63, 3.8) is 0 Å². The molecule has 76 valence electrons. The van der Waals surface area contributed by atoms with E-state index in [1.54, 1.807) is 18.2 Å². The van der Waals surface area contributed by atoms with Crippen molar-refractivity contribution in [2.75, 3.05) is 6.26 Å². The molecule has 3 nitrogen and oxygen atoms in total. The zero-order chi connectivity index (χ0) is 10.8. The molecule has 0 fully saturated rings. The van der Waals surface area contributed by atoms with Crippen LogP contribution in [0.15, 0.2) is 24.3 Å². The standard InChI is InChI=1S/C9H9ClO3S/c1-14(12,13)6-7-4-2-3-5-8(7)9(10)11/h2-5H,6H2,1H3. The van der Waals surface area contributed by atoms with E-state index >= 15 is 0 Å². The summed E-state index contributed by atoms with van der Waals surface area (Å²) in [6, 6.07) is 6.40. The van der Waals surface area contributed by atoms with Gasteiger partial charge in [0.2, 0.25) is 0 Å². The Morgan fingerprint density at radius 3 is 2.43 bits per heavy atom. The van der Waals surface area contributed by atoms with E-state index in [-0.39, 0.29) is 11.3 Å². The van der Waals surface area contributed by atoms with Gasteiger partial charge < -0.3 is 0 Å². The number of hydrogen-bond donors (Lipinski definition) is 0. The van der Waals surface area contributed by atoms with Gasteiger partial charge in [-0.1, -0.05) is 18.2 Å². The van der Waals surface area contributed by atoms with Gasteiger partial charge in [-0.25, -0.2) is 8.42 Å². The van der Waals surface area contributed by atoms with E-state index < -0.39 is 15.1 Å². The molecular formula is C9H9ClO3S. The number of halogens is 1. The predicted octanol–water partition coefficient (Wildman–Crippen LogP) is 1.61. The van der Waals surface area contributed by atoms with Crippen LogP contribution in [0.2, 0.25) is 0 Å². The van der Waals surface area contributed by atoms with Gasteiger partial charge in [0, 0.05) is 11.8 Å². The molecule has 0 radical (unpaired) electrons. The Kier molecular flexibility index (Phi) is 3.29. The van der Waals surface area contributed by atoms with Crippen molar-refractivity contribution in [1.29, 1.82) is 0 Å². The maximum atomic E-state index is 11.0. The normalized spacial score (nSPS) is 11.3. The van der Waals surface area contributed by atoms with E-state index in [4.69, 9.17) is 11.6 Å². The van der Waals surface area contributed by atoms with Gasteiger partial charge in [-0.3, -0.25) is 4.79 Å². The second kappa shape index (κ2) is 4.11. The molecule has 0 bridgehead atoms. The number of sulfone groups is 1. The maximum absolute atomic E-state index is 11.0. The summed E-state index contributed by atoms with van der Waals surface area (Å²) in [5.41, 5.74) is 0.689. The van der Waals surface area contributed by atoms with Crippen molar-refractivity contribution in [2.24, 2.45) is 0 Å². The van der Waals surface area contributed by atoms with E-state index in [9.17, 15) is 13.2 Å². The molecule has 0 spiro atoms. The molecule has 0 saturated heterocycles. The van der Waals surface area contributed by atoms with Crippen molar-refractivity contribution in [3.8, 4) is 0 Å². The zero-order valence-electron chi connectivity index (χ0n) is 7.53. The smallest absolute Gasteiger partial charge is 0.252 e. The third kappa shape index (κ3) is 3.12. The fourth-order valence-corrected chi connectivity index (χ4v) is 2.12. The van der Waals surface area contributed by atoms with E-state index in [1.807, 2.05) is 0 Å². The van der Waals surface area contributed by atoms with Crippen molar-refractivity contribution >= 4 is 26.7 Å². The van der Waals surface area contributed by atoms with Gasteiger partial charge in [0.1, 0.15) is 0 Å². The first-order chi connectivity index (χ1) is 6.40. The van der Waals surface area contributed by atoms with Crippen LogP contribution in [-0.4, -0.2) is 19.9 Å². The van der Waals surface area contributed by atoms with Crippen LogP contribution in [0.4, 0.5) is 0 Å². The molecule has 0 aliphatic rings. The highest BCUT2D eigenvalue weighted by Gasteiger charge is 2.12. The fourth-order valence-electron chi connectivity index (χ4n) is 1.12. The molecule has 0 amide bonds. The molecule has 0 aromatic heterocycles. The molecule has 1 aromatic rings. The second-order valence-electron chi connectivity index (χ2n) is 3.00. The van der Waals surface area contributed by atoms with Gasteiger partial charge in [-0.05, 0) is 23.2 Å². The number of rotatable bonds is 3. The molecular weight excluding hydrogens is 224 g/mol. The first-order valence-electron chi connectivity index (χ1n) is 3.85. The summed E-state index contributed by atoms with van der Waals surface area (Å²) in [6.45, 7) is 0. The largest absolute Gasteiger partial charge is 0.276 e. The minimum Gasteiger partial charge on any atom is -0.276 e. The van der Waals surface area contributed by atoms with Gasteiger partial charge in [0.25, 0.3) is 5.24 Å². The quantitative estimate of drug-likeness (QED) is 0.744. The van der Waals surface area contributed by atoms with E-state index in [0.717, 1.165) is 6.26 Å². The SMILES string of the molecule is CS(=O)(=O)Cc1ccccc1C(=O)Cl. The number of carbonyl (C=O) groups is 1. The minimum atomic E-state index is -3.14. The van der Waals surface area contributed by atoms with E-state index in [1.165, 1.54) is 6.07 Å². The van der Waals surface area contributed by atoms with E-state index in [2.05, 4.69) is 0 Å². The first kappa shape index (κ1) is 11.2. The van der Waals surface area contributed by atoms with Crippen LogP contribution in [0.25, 0.3) is 0 Å². The summed E-state index contributed by atoms with van der Waals surface area (Å²) in [5, 5.41) is -0.635. The molecule has 5 heteroatoms. The van der Waals surface area contributed by atoms with E-state index in [0.29, 0.717) is 5.56 Å². The Balaban J connectivity index is 3.15. The van der Waals surface area contributed by atoms with Crippen LogP contribution in [0.3, 0.4) is 0 Å². The molecule has 1 aromatic carbocycles. The van der Waals surface area contributed by atoms with Crippen molar-refractivity contribution in [2.45, 2.75) is 5.75 Å². The number of carbonyl (C=O) groups excluding carboxylic acids is 1. The monoisotopic (exact) mass is 232 g/mol. The van der Waals surface area contributed by atoms with Crippen LogP contribution in [0.5, 0.6) is 0 Å². The number of benzene rings is 1. The Bertz CT molecular complexity index is 451. The Morgan fingerprint density at radius 2 is 1.93 bits per heavy atom. The highest BCUT2D eigenvalue weighted by atomic mass is 35.5. The molecule has 0 saturated carbocycles. The lowest BCUT2D eigenvalue weighted by atomic mass is 10.1. The predicted molar refractivity (Wildman–Crippen MR) is 55.2 cm³/mol. The molecule has 0 aliphatic heterocycles. The summed E-state index contributed by atoms with van der Waals surface area (Å²) < 4.78 is 22.0. The van der Waals surface area contributed by atoms with Crippen LogP contribution in [0.1, 0.15) is 15.9 Å². The van der Waals surface area contributed by atoms with Gasteiger partial charge in [-0.2, -0.15) is 0 Å². The molecule has 0 heterocycles. The molecule has 0 unspecified atom stereocenters. The summed E-state index contributed by atoms with van der Waals surface area (Å²) >= 11 is 5.30. The van der Waals surface area contributed by atoms with Crippen molar-refractivity contribution in [3.05, 3.63) is 35.4 Å². The van der Waals surface area contributed by atoms with Crippen molar-refractivity contribution in [1.82, 2.24) is 0 Å². The lowest BCUT2D eigenvalue weighted by Crippen LogP contribution is -2.05. The molecule has 0 atom stereocenters. The summed E-state index contributed by atoms with van der Waals surface area (Å²) in [5.74, 6) is -0.165. The average molecular weight is 233 g/mol. The topological polar surface area (TPSA) is 51.2 Å². The Morgan fingerprint density at radius 1 is 1.36 bits per heavy atom. The lowest BCUT2D eigenvalue weighted by molar-refractivity contribution is 0.108. The Hall–Kier alpha value is -0.870. The second-order valence-corrected chi connectivity index (χ2v) is 5.48. The number of hydrogen-bond acceptors (Lipinski definition) is 3. The van der Waals surface area contributed by atoms with Crippen molar-refractivity contribution < 1.29 is 13.2 Å². The van der Waals surface area contributed by atoms with Gasteiger partial charge in [-0.15, -0.1) is 0 Å². The van der Waals surface area contributed by atoms with Crippen LogP contribution in [0, 0.1) is 0 Å². The van der Waals surface area contributed by atoms with Gasteiger partial charge in [0.05, 0.1) is 5.75 Å². The van der Waals surface area contributed by atoms with Crippen LogP contribution >= 0.6 is 11.6 Å². The minimum absolute atomic E-state index is 0.165. The molecule has 1 rings (SSSR count). The zero-order valence-corrected chi connectivity index (χ0v) is 9.10. The molecule has 14 heavy (non-hydrogen) atoms. The summed E-state index contributed by atoms with van der Waals surface area (Å²) in [7, 11) is -3.14. The van der Waals surface area contributed by atoms with Gasteiger partial charge >= 0.3 is 0 Å². The lowest BCUT2D eigenvalue weighted by Gasteiger charge is -2.03. The maximum Gasteiger partial charge on any atom is 0.252 e. The highest BCUT2D eigenvalue weighted by Crippen LogP contribution is 2.14. The molecule has 0 aliphatic carbocycles. The summed E-state index contributed by atoms with van der Waals surface area (Å²) in [6.07, 6.45) is 1.11. The highest BCUT2D eigenvalue weighted by molar-refractivity contribution is 7.89. The third-order valence-corrected chi connectivity index (χ3v) is 2.69. The fraction of sp³-hybridized carbons (Fsp3) is 0.222. The molecule has 0 N–H and O–H groups in total. The third-order valence-electron chi connectivity index (χ3n) is 1.65. The average Bonchev–Trinajstić information content (AvgIpc) is 2.01. The first-order valence-corrected chi connectivity index (χ1v) is 6.29. The summed E-state index contributed by atoms with van der Waals surface area (Å²) in [4.78, 5) is 10.9. The van der Waals surface area contributed by atoms with Gasteiger partial charge in [0.15, 0.2) is 9.84 Å².